The van der Waals surface area contributed by atoms with Crippen LogP contribution in [0.3, 0.4) is 0 Å². The summed E-state index contributed by atoms with van der Waals surface area (Å²) < 4.78 is 1.19. The van der Waals surface area contributed by atoms with E-state index in [1.54, 1.807) is 23.1 Å². The highest BCUT2D eigenvalue weighted by molar-refractivity contribution is 7.99. The SMILES string of the molecule is CSc1c(C#N)c(S)cc2sccc12. The third-order valence-electron chi connectivity index (χ3n) is 2.01. The lowest BCUT2D eigenvalue weighted by molar-refractivity contribution is 1.32. The van der Waals surface area contributed by atoms with Crippen LogP contribution in [0.4, 0.5) is 0 Å². The van der Waals surface area contributed by atoms with Crippen LogP contribution in [-0.4, -0.2) is 6.26 Å². The summed E-state index contributed by atoms with van der Waals surface area (Å²) in [6.07, 6.45) is 1.99. The second-order valence-corrected chi connectivity index (χ2v) is 4.99. The Bertz CT molecular complexity index is 522. The van der Waals surface area contributed by atoms with Crippen molar-refractivity contribution in [1.29, 1.82) is 5.26 Å². The predicted octanol–water partition coefficient (Wildman–Crippen LogP) is 3.78. The van der Waals surface area contributed by atoms with Gasteiger partial charge in [0.05, 0.1) is 5.56 Å². The largest absolute Gasteiger partial charge is 0.192 e. The Balaban J connectivity index is 2.91. The third kappa shape index (κ3) is 1.42. The Labute approximate surface area is 96.2 Å². The third-order valence-corrected chi connectivity index (χ3v) is 4.06. The van der Waals surface area contributed by atoms with Gasteiger partial charge in [-0.25, -0.2) is 0 Å². The molecule has 0 aliphatic carbocycles. The van der Waals surface area contributed by atoms with Crippen molar-refractivity contribution in [3.05, 3.63) is 23.1 Å². The van der Waals surface area contributed by atoms with E-state index in [0.717, 1.165) is 15.2 Å². The molecule has 0 saturated carbocycles. The molecule has 0 amide bonds. The van der Waals surface area contributed by atoms with E-state index in [1.807, 2.05) is 17.7 Å². The van der Waals surface area contributed by atoms with Gasteiger partial charge >= 0.3 is 0 Å². The number of thiophene rings is 1. The number of nitriles is 1. The summed E-state index contributed by atoms with van der Waals surface area (Å²) in [6.45, 7) is 0. The van der Waals surface area contributed by atoms with Gasteiger partial charge in [-0.05, 0) is 23.8 Å². The van der Waals surface area contributed by atoms with Gasteiger partial charge in [-0.3, -0.25) is 0 Å². The smallest absolute Gasteiger partial charge is 0.102 e. The minimum Gasteiger partial charge on any atom is -0.192 e. The van der Waals surface area contributed by atoms with E-state index in [4.69, 9.17) is 5.26 Å². The molecule has 0 bridgehead atoms. The summed E-state index contributed by atoms with van der Waals surface area (Å²) in [5.41, 5.74) is 0.687. The highest BCUT2D eigenvalue weighted by Crippen LogP contribution is 2.36. The van der Waals surface area contributed by atoms with Gasteiger partial charge < -0.3 is 0 Å². The summed E-state index contributed by atoms with van der Waals surface area (Å²) in [6, 6.07) is 6.22. The fourth-order valence-corrected chi connectivity index (χ4v) is 3.50. The molecule has 1 aromatic heterocycles. The Morgan fingerprint density at radius 1 is 1.57 bits per heavy atom. The first-order valence-electron chi connectivity index (χ1n) is 3.95. The second kappa shape index (κ2) is 3.85. The van der Waals surface area contributed by atoms with Gasteiger partial charge in [-0.2, -0.15) is 5.26 Å². The topological polar surface area (TPSA) is 23.8 Å². The molecular weight excluding hydrogens is 230 g/mol. The van der Waals surface area contributed by atoms with Gasteiger partial charge in [-0.1, -0.05) is 0 Å². The molecule has 0 fully saturated rings. The number of fused-ring (bicyclic) bond motifs is 1. The average molecular weight is 237 g/mol. The predicted molar refractivity (Wildman–Crippen MR) is 65.6 cm³/mol. The fraction of sp³-hybridized carbons (Fsp3) is 0.100. The van der Waals surface area contributed by atoms with Gasteiger partial charge in [0.2, 0.25) is 0 Å². The van der Waals surface area contributed by atoms with Crippen molar-refractivity contribution < 1.29 is 0 Å². The van der Waals surface area contributed by atoms with E-state index in [9.17, 15) is 0 Å². The van der Waals surface area contributed by atoms with Crippen molar-refractivity contribution in [2.75, 3.05) is 6.26 Å². The maximum absolute atomic E-state index is 9.02. The number of nitrogens with zero attached hydrogens (tertiary/aromatic N) is 1. The van der Waals surface area contributed by atoms with Crippen LogP contribution in [0.25, 0.3) is 10.1 Å². The van der Waals surface area contributed by atoms with E-state index in [2.05, 4.69) is 24.8 Å². The molecule has 4 heteroatoms. The zero-order valence-corrected chi connectivity index (χ0v) is 9.97. The molecule has 0 aliphatic rings. The Morgan fingerprint density at radius 2 is 2.36 bits per heavy atom. The summed E-state index contributed by atoms with van der Waals surface area (Å²) in [7, 11) is 0. The number of hydrogen-bond donors (Lipinski definition) is 1. The molecule has 1 nitrogen and oxygen atoms in total. The first-order valence-corrected chi connectivity index (χ1v) is 6.50. The molecule has 0 N–H and O–H groups in total. The van der Waals surface area contributed by atoms with E-state index < -0.39 is 0 Å². The lowest BCUT2D eigenvalue weighted by Gasteiger charge is -2.04. The number of thioether (sulfide) groups is 1. The molecule has 1 heterocycles. The summed E-state index contributed by atoms with van der Waals surface area (Å²) in [5, 5.41) is 12.2. The van der Waals surface area contributed by atoms with Crippen LogP contribution < -0.4 is 0 Å². The van der Waals surface area contributed by atoms with Gasteiger partial charge in [0.1, 0.15) is 6.07 Å². The second-order valence-electron chi connectivity index (χ2n) is 2.75. The van der Waals surface area contributed by atoms with Crippen molar-refractivity contribution in [2.24, 2.45) is 0 Å². The number of thiol groups is 1. The molecule has 1 aromatic carbocycles. The lowest BCUT2D eigenvalue weighted by Crippen LogP contribution is -1.83. The van der Waals surface area contributed by atoms with Gasteiger partial charge in [0.15, 0.2) is 0 Å². The normalized spacial score (nSPS) is 10.4. The average Bonchev–Trinajstić information content (AvgIpc) is 2.62. The van der Waals surface area contributed by atoms with Crippen LogP contribution >= 0.6 is 35.7 Å². The summed E-state index contributed by atoms with van der Waals surface area (Å²) in [4.78, 5) is 1.81. The van der Waals surface area contributed by atoms with Crippen molar-refractivity contribution in [2.45, 2.75) is 9.79 Å². The molecule has 0 saturated heterocycles. The van der Waals surface area contributed by atoms with E-state index in [-0.39, 0.29) is 0 Å². The maximum atomic E-state index is 9.02. The number of hydrogen-bond acceptors (Lipinski definition) is 4. The van der Waals surface area contributed by atoms with Crippen LogP contribution in [0.1, 0.15) is 5.56 Å². The quantitative estimate of drug-likeness (QED) is 0.602. The molecule has 0 spiro atoms. The van der Waals surface area contributed by atoms with Crippen LogP contribution in [0, 0.1) is 11.3 Å². The zero-order chi connectivity index (χ0) is 10.1. The standard InChI is InChI=1S/C10H7NS3/c1-13-10-6-2-3-14-9(6)4-8(12)7(10)5-11/h2-4,12H,1H3. The van der Waals surface area contributed by atoms with E-state index in [1.165, 1.54) is 4.70 Å². The Kier molecular flexibility index (Phi) is 2.73. The molecule has 0 atom stereocenters. The minimum atomic E-state index is 0.687. The van der Waals surface area contributed by atoms with E-state index in [0.29, 0.717) is 5.56 Å². The highest BCUT2D eigenvalue weighted by Gasteiger charge is 2.10. The first kappa shape index (κ1) is 9.91. The molecule has 2 rings (SSSR count). The van der Waals surface area contributed by atoms with Crippen LogP contribution in [-0.2, 0) is 0 Å². The van der Waals surface area contributed by atoms with Crippen LogP contribution in [0.5, 0.6) is 0 Å². The highest BCUT2D eigenvalue weighted by atomic mass is 32.2. The molecule has 2 aromatic rings. The number of rotatable bonds is 1. The lowest BCUT2D eigenvalue weighted by atomic mass is 10.2. The van der Waals surface area contributed by atoms with Crippen LogP contribution in [0.15, 0.2) is 27.3 Å². The zero-order valence-electron chi connectivity index (χ0n) is 7.44. The number of benzene rings is 1. The van der Waals surface area contributed by atoms with Crippen molar-refractivity contribution in [3.8, 4) is 6.07 Å². The first-order chi connectivity index (χ1) is 6.77. The van der Waals surface area contributed by atoms with Crippen molar-refractivity contribution in [1.82, 2.24) is 0 Å². The van der Waals surface area contributed by atoms with Crippen LogP contribution in [0.2, 0.25) is 0 Å². The van der Waals surface area contributed by atoms with Gasteiger partial charge in [0, 0.05) is 19.9 Å². The Hall–Kier alpha value is -0.630. The molecule has 0 radical (unpaired) electrons. The maximum Gasteiger partial charge on any atom is 0.102 e. The van der Waals surface area contributed by atoms with Crippen molar-refractivity contribution in [3.63, 3.8) is 0 Å². The molecule has 0 aliphatic heterocycles. The molecular formula is C10H7NS3. The molecule has 0 unspecified atom stereocenters. The monoisotopic (exact) mass is 237 g/mol. The Morgan fingerprint density at radius 3 is 3.00 bits per heavy atom. The van der Waals surface area contributed by atoms with Gasteiger partial charge in [0.25, 0.3) is 0 Å². The summed E-state index contributed by atoms with van der Waals surface area (Å²) >= 11 is 7.61. The fourth-order valence-electron chi connectivity index (χ4n) is 1.39. The van der Waals surface area contributed by atoms with E-state index >= 15 is 0 Å². The molecule has 14 heavy (non-hydrogen) atoms. The van der Waals surface area contributed by atoms with Gasteiger partial charge in [-0.15, -0.1) is 35.7 Å². The molecule has 70 valence electrons. The summed E-state index contributed by atoms with van der Waals surface area (Å²) in [5.74, 6) is 0. The minimum absolute atomic E-state index is 0.687. The van der Waals surface area contributed by atoms with Crippen molar-refractivity contribution >= 4 is 45.8 Å².